The Labute approximate surface area is 140 Å². The zero-order valence-corrected chi connectivity index (χ0v) is 13.4. The van der Waals surface area contributed by atoms with Crippen LogP contribution in [0, 0.1) is 0 Å². The third-order valence-electron chi connectivity index (χ3n) is 3.34. The molecular formula is C15H20ClN3O4. The number of ether oxygens (including phenoxy) is 1. The molecule has 0 aliphatic carbocycles. The SMILES string of the molecule is Cl.NC(=O)CN1CCNC(CC(=O)OCc2ccccc2)C1=O. The lowest BCUT2D eigenvalue weighted by Crippen LogP contribution is -2.57. The maximum Gasteiger partial charge on any atom is 0.308 e. The van der Waals surface area contributed by atoms with Gasteiger partial charge in [0.2, 0.25) is 11.8 Å². The number of hydrogen-bond donors (Lipinski definition) is 2. The highest BCUT2D eigenvalue weighted by atomic mass is 35.5. The van der Waals surface area contributed by atoms with Crippen molar-refractivity contribution in [3.05, 3.63) is 35.9 Å². The van der Waals surface area contributed by atoms with E-state index >= 15 is 0 Å². The highest BCUT2D eigenvalue weighted by Crippen LogP contribution is 2.08. The smallest absolute Gasteiger partial charge is 0.308 e. The lowest BCUT2D eigenvalue weighted by molar-refractivity contribution is -0.149. The molecule has 2 rings (SSSR count). The van der Waals surface area contributed by atoms with Crippen LogP contribution in [0.4, 0.5) is 0 Å². The molecule has 1 aliphatic heterocycles. The molecule has 8 heteroatoms. The molecule has 1 aromatic rings. The van der Waals surface area contributed by atoms with E-state index < -0.39 is 17.9 Å². The number of carbonyl (C=O) groups excluding carboxylic acids is 3. The Balaban J connectivity index is 0.00000264. The molecule has 1 atom stereocenters. The Morgan fingerprint density at radius 3 is 2.65 bits per heavy atom. The Hall–Kier alpha value is -2.12. The molecule has 1 saturated heterocycles. The van der Waals surface area contributed by atoms with Crippen molar-refractivity contribution in [1.82, 2.24) is 10.2 Å². The second kappa shape index (κ2) is 9.12. The third kappa shape index (κ3) is 5.88. The van der Waals surface area contributed by atoms with Crippen LogP contribution in [-0.4, -0.2) is 48.4 Å². The summed E-state index contributed by atoms with van der Waals surface area (Å²) in [4.78, 5) is 36.2. The molecule has 1 unspecified atom stereocenters. The predicted molar refractivity (Wildman–Crippen MR) is 85.7 cm³/mol. The van der Waals surface area contributed by atoms with Crippen LogP contribution in [0.3, 0.4) is 0 Å². The van der Waals surface area contributed by atoms with Gasteiger partial charge in [0.25, 0.3) is 0 Å². The molecule has 1 heterocycles. The van der Waals surface area contributed by atoms with E-state index in [9.17, 15) is 14.4 Å². The molecule has 126 valence electrons. The first-order valence-corrected chi connectivity index (χ1v) is 7.06. The number of piperazine rings is 1. The van der Waals surface area contributed by atoms with Crippen molar-refractivity contribution < 1.29 is 19.1 Å². The van der Waals surface area contributed by atoms with Crippen LogP contribution < -0.4 is 11.1 Å². The quantitative estimate of drug-likeness (QED) is 0.699. The van der Waals surface area contributed by atoms with Crippen molar-refractivity contribution in [2.45, 2.75) is 19.1 Å². The summed E-state index contributed by atoms with van der Waals surface area (Å²) >= 11 is 0. The first-order valence-electron chi connectivity index (χ1n) is 7.06. The van der Waals surface area contributed by atoms with Gasteiger partial charge in [0, 0.05) is 13.1 Å². The maximum absolute atomic E-state index is 12.1. The fourth-order valence-electron chi connectivity index (χ4n) is 2.26. The standard InChI is InChI=1S/C15H19N3O4.ClH/c16-13(19)9-18-7-6-17-12(15(18)21)8-14(20)22-10-11-4-2-1-3-5-11;/h1-5,12,17H,6-10H2,(H2,16,19);1H. The van der Waals surface area contributed by atoms with E-state index in [0.29, 0.717) is 13.1 Å². The van der Waals surface area contributed by atoms with Gasteiger partial charge in [0.15, 0.2) is 0 Å². The molecule has 1 fully saturated rings. The van der Waals surface area contributed by atoms with Crippen LogP contribution in [0.5, 0.6) is 0 Å². The molecule has 0 aromatic heterocycles. The Bertz CT molecular complexity index is 553. The average Bonchev–Trinajstić information content (AvgIpc) is 2.50. The summed E-state index contributed by atoms with van der Waals surface area (Å²) in [6.45, 7) is 0.953. The van der Waals surface area contributed by atoms with Crippen LogP contribution in [0.15, 0.2) is 30.3 Å². The van der Waals surface area contributed by atoms with Crippen LogP contribution in [-0.2, 0) is 25.7 Å². The van der Waals surface area contributed by atoms with E-state index in [-0.39, 0.29) is 37.9 Å². The number of primary amides is 1. The molecular weight excluding hydrogens is 322 g/mol. The number of carbonyl (C=O) groups is 3. The first kappa shape index (κ1) is 18.9. The minimum absolute atomic E-state index is 0. The lowest BCUT2D eigenvalue weighted by atomic mass is 10.1. The molecule has 0 radical (unpaired) electrons. The molecule has 1 aliphatic rings. The van der Waals surface area contributed by atoms with E-state index in [2.05, 4.69) is 5.32 Å². The van der Waals surface area contributed by atoms with Crippen LogP contribution in [0.1, 0.15) is 12.0 Å². The van der Waals surface area contributed by atoms with Gasteiger partial charge in [0.05, 0.1) is 19.0 Å². The zero-order chi connectivity index (χ0) is 15.9. The monoisotopic (exact) mass is 341 g/mol. The molecule has 3 N–H and O–H groups in total. The molecule has 7 nitrogen and oxygen atoms in total. The van der Waals surface area contributed by atoms with Gasteiger partial charge >= 0.3 is 5.97 Å². The van der Waals surface area contributed by atoms with Crippen molar-refractivity contribution in [3.8, 4) is 0 Å². The molecule has 1 aromatic carbocycles. The second-order valence-corrected chi connectivity index (χ2v) is 5.08. The van der Waals surface area contributed by atoms with Crippen LogP contribution in [0.2, 0.25) is 0 Å². The van der Waals surface area contributed by atoms with E-state index in [1.54, 1.807) is 0 Å². The summed E-state index contributed by atoms with van der Waals surface area (Å²) in [5, 5.41) is 2.96. The summed E-state index contributed by atoms with van der Waals surface area (Å²) in [6, 6.07) is 8.63. The third-order valence-corrected chi connectivity index (χ3v) is 3.34. The van der Waals surface area contributed by atoms with Gasteiger partial charge in [-0.05, 0) is 5.56 Å². The zero-order valence-electron chi connectivity index (χ0n) is 12.6. The largest absolute Gasteiger partial charge is 0.461 e. The number of nitrogens with zero attached hydrogens (tertiary/aromatic N) is 1. The summed E-state index contributed by atoms with van der Waals surface area (Å²) in [6.07, 6.45) is -0.0685. The van der Waals surface area contributed by atoms with Gasteiger partial charge < -0.3 is 20.7 Å². The fraction of sp³-hybridized carbons (Fsp3) is 0.400. The van der Waals surface area contributed by atoms with Gasteiger partial charge in [-0.25, -0.2) is 0 Å². The number of nitrogens with two attached hydrogens (primary N) is 1. The van der Waals surface area contributed by atoms with E-state index in [1.165, 1.54) is 4.90 Å². The second-order valence-electron chi connectivity index (χ2n) is 5.08. The van der Waals surface area contributed by atoms with E-state index in [4.69, 9.17) is 10.5 Å². The number of halogens is 1. The number of nitrogens with one attached hydrogen (secondary N) is 1. The van der Waals surface area contributed by atoms with E-state index in [1.807, 2.05) is 30.3 Å². The fourth-order valence-corrected chi connectivity index (χ4v) is 2.26. The highest BCUT2D eigenvalue weighted by Gasteiger charge is 2.31. The normalized spacial score (nSPS) is 17.3. The summed E-state index contributed by atoms with van der Waals surface area (Å²) < 4.78 is 5.15. The molecule has 23 heavy (non-hydrogen) atoms. The molecule has 0 bridgehead atoms. The molecule has 0 spiro atoms. The minimum atomic E-state index is -0.670. The topological polar surface area (TPSA) is 102 Å². The Kier molecular flexibility index (Phi) is 7.50. The number of amides is 2. The summed E-state index contributed by atoms with van der Waals surface area (Å²) in [5.41, 5.74) is 5.98. The van der Waals surface area contributed by atoms with Gasteiger partial charge in [0.1, 0.15) is 6.61 Å². The van der Waals surface area contributed by atoms with Crippen molar-refractivity contribution in [2.75, 3.05) is 19.6 Å². The van der Waals surface area contributed by atoms with Gasteiger partial charge in [-0.2, -0.15) is 0 Å². The van der Waals surface area contributed by atoms with Crippen LogP contribution >= 0.6 is 12.4 Å². The molecule has 2 amide bonds. The maximum atomic E-state index is 12.1. The number of hydrogen-bond acceptors (Lipinski definition) is 5. The summed E-state index contributed by atoms with van der Waals surface area (Å²) in [5.74, 6) is -1.34. The van der Waals surface area contributed by atoms with Gasteiger partial charge in [-0.1, -0.05) is 30.3 Å². The Morgan fingerprint density at radius 1 is 1.30 bits per heavy atom. The first-order chi connectivity index (χ1) is 10.6. The van der Waals surface area contributed by atoms with Crippen LogP contribution in [0.25, 0.3) is 0 Å². The summed E-state index contributed by atoms with van der Waals surface area (Å²) in [7, 11) is 0. The number of rotatable bonds is 6. The Morgan fingerprint density at radius 2 is 2.00 bits per heavy atom. The van der Waals surface area contributed by atoms with Crippen molar-refractivity contribution in [1.29, 1.82) is 0 Å². The minimum Gasteiger partial charge on any atom is -0.461 e. The van der Waals surface area contributed by atoms with Crippen molar-refractivity contribution in [2.24, 2.45) is 5.73 Å². The van der Waals surface area contributed by atoms with Gasteiger partial charge in [-0.15, -0.1) is 12.4 Å². The molecule has 0 saturated carbocycles. The van der Waals surface area contributed by atoms with Gasteiger partial charge in [-0.3, -0.25) is 14.4 Å². The van der Waals surface area contributed by atoms with Crippen molar-refractivity contribution >= 4 is 30.2 Å². The lowest BCUT2D eigenvalue weighted by Gasteiger charge is -2.31. The highest BCUT2D eigenvalue weighted by molar-refractivity contribution is 5.90. The predicted octanol–water partition coefficient (Wildman–Crippen LogP) is -0.173. The van der Waals surface area contributed by atoms with E-state index in [0.717, 1.165) is 5.56 Å². The number of benzene rings is 1. The average molecular weight is 342 g/mol. The van der Waals surface area contributed by atoms with Crippen molar-refractivity contribution in [3.63, 3.8) is 0 Å². The number of esters is 1.